The van der Waals surface area contributed by atoms with Crippen LogP contribution in [0.5, 0.6) is 0 Å². The monoisotopic (exact) mass is 376 g/mol. The van der Waals surface area contributed by atoms with Crippen LogP contribution in [-0.4, -0.2) is 58.3 Å². The van der Waals surface area contributed by atoms with Crippen molar-refractivity contribution >= 4 is 26.6 Å². The van der Waals surface area contributed by atoms with E-state index in [1.54, 1.807) is 30.3 Å². The number of carbonyl (C=O) groups excluding carboxylic acids is 1. The molecule has 0 spiro atoms. The second kappa shape index (κ2) is 7.36. The summed E-state index contributed by atoms with van der Waals surface area (Å²) in [5.41, 5.74) is 0.201. The number of nitrogens with zero attached hydrogens (tertiary/aromatic N) is 4. The fourth-order valence-electron chi connectivity index (χ4n) is 3.13. The molecule has 0 bridgehead atoms. The molecule has 1 aliphatic heterocycles. The molecule has 1 fully saturated rings. The highest BCUT2D eigenvalue weighted by Gasteiger charge is 2.33. The van der Waals surface area contributed by atoms with Gasteiger partial charge in [-0.25, -0.2) is 13.1 Å². The molecule has 138 valence electrons. The Labute approximate surface area is 151 Å². The van der Waals surface area contributed by atoms with Crippen LogP contribution in [0.2, 0.25) is 0 Å². The van der Waals surface area contributed by atoms with E-state index in [-0.39, 0.29) is 48.5 Å². The quantitative estimate of drug-likeness (QED) is 0.676. The summed E-state index contributed by atoms with van der Waals surface area (Å²) in [5, 5.41) is 8.31. The Hall–Kier alpha value is -2.55. The van der Waals surface area contributed by atoms with E-state index in [4.69, 9.17) is 0 Å². The maximum Gasteiger partial charge on any atom is 0.277 e. The third-order valence-corrected chi connectivity index (χ3v) is 6.21. The predicted molar refractivity (Wildman–Crippen MR) is 97.4 cm³/mol. The average Bonchev–Trinajstić information content (AvgIpc) is 2.98. The van der Waals surface area contributed by atoms with Crippen molar-refractivity contribution in [3.8, 4) is 0 Å². The number of fused-ring (bicyclic) bond motifs is 1. The Morgan fingerprint density at radius 2 is 2.15 bits per heavy atom. The number of rotatable bonds is 6. The number of hydrogen-bond acceptors (Lipinski definition) is 6. The van der Waals surface area contributed by atoms with Crippen LogP contribution in [0.4, 0.5) is 0 Å². The zero-order valence-corrected chi connectivity index (χ0v) is 15.1. The summed E-state index contributed by atoms with van der Waals surface area (Å²) in [6.45, 7) is 4.00. The van der Waals surface area contributed by atoms with E-state index in [9.17, 15) is 18.0 Å². The topological polar surface area (TPSA) is 102 Å². The van der Waals surface area contributed by atoms with Crippen molar-refractivity contribution in [2.75, 3.05) is 18.1 Å². The molecular formula is C17H20N4O4S. The normalized spacial score (nSPS) is 18.7. The average molecular weight is 376 g/mol. The van der Waals surface area contributed by atoms with Crippen LogP contribution in [-0.2, 0) is 21.2 Å². The molecule has 1 amide bonds. The molecule has 1 atom stereocenters. The first-order valence-electron chi connectivity index (χ1n) is 8.34. The summed E-state index contributed by atoms with van der Waals surface area (Å²) in [4.78, 5) is 26.5. The number of benzene rings is 1. The molecule has 0 aliphatic carbocycles. The first kappa shape index (κ1) is 18.2. The largest absolute Gasteiger partial charge is 0.335 e. The zero-order chi connectivity index (χ0) is 18.7. The highest BCUT2D eigenvalue weighted by atomic mass is 32.2. The second-order valence-electron chi connectivity index (χ2n) is 6.28. The van der Waals surface area contributed by atoms with Gasteiger partial charge in [-0.1, -0.05) is 23.4 Å². The minimum absolute atomic E-state index is 0.0255. The SMILES string of the molecule is C=CCN(C(=O)CCn1nnc2ccccc2c1=O)C1CCS(=O)(=O)C1. The summed E-state index contributed by atoms with van der Waals surface area (Å²) >= 11 is 0. The van der Waals surface area contributed by atoms with Crippen molar-refractivity contribution in [3.05, 3.63) is 47.3 Å². The molecule has 1 saturated heterocycles. The lowest BCUT2D eigenvalue weighted by Crippen LogP contribution is -2.42. The minimum Gasteiger partial charge on any atom is -0.335 e. The van der Waals surface area contributed by atoms with Gasteiger partial charge < -0.3 is 4.90 Å². The lowest BCUT2D eigenvalue weighted by Gasteiger charge is -2.27. The van der Waals surface area contributed by atoms with Crippen LogP contribution < -0.4 is 5.56 Å². The molecule has 1 aliphatic rings. The van der Waals surface area contributed by atoms with Gasteiger partial charge in [-0.3, -0.25) is 9.59 Å². The van der Waals surface area contributed by atoms with Gasteiger partial charge in [-0.05, 0) is 18.6 Å². The fourth-order valence-corrected chi connectivity index (χ4v) is 4.86. The van der Waals surface area contributed by atoms with Crippen LogP contribution >= 0.6 is 0 Å². The molecule has 1 unspecified atom stereocenters. The van der Waals surface area contributed by atoms with Gasteiger partial charge in [-0.2, -0.15) is 0 Å². The van der Waals surface area contributed by atoms with Crippen molar-refractivity contribution in [2.24, 2.45) is 0 Å². The number of sulfone groups is 1. The number of aryl methyl sites for hydroxylation is 1. The highest BCUT2D eigenvalue weighted by Crippen LogP contribution is 2.18. The van der Waals surface area contributed by atoms with Gasteiger partial charge in [0.2, 0.25) is 5.91 Å². The van der Waals surface area contributed by atoms with Crippen molar-refractivity contribution in [3.63, 3.8) is 0 Å². The summed E-state index contributed by atoms with van der Waals surface area (Å²) in [7, 11) is -3.10. The lowest BCUT2D eigenvalue weighted by atomic mass is 10.2. The molecule has 0 radical (unpaired) electrons. The molecule has 26 heavy (non-hydrogen) atoms. The molecular weight excluding hydrogens is 356 g/mol. The van der Waals surface area contributed by atoms with Crippen LogP contribution in [0.15, 0.2) is 41.7 Å². The molecule has 9 heteroatoms. The molecule has 2 aromatic rings. The van der Waals surface area contributed by atoms with E-state index in [2.05, 4.69) is 16.9 Å². The first-order valence-corrected chi connectivity index (χ1v) is 10.2. The lowest BCUT2D eigenvalue weighted by molar-refractivity contribution is -0.132. The Morgan fingerprint density at radius 1 is 1.38 bits per heavy atom. The Kier molecular flexibility index (Phi) is 5.17. The van der Waals surface area contributed by atoms with E-state index < -0.39 is 9.84 Å². The van der Waals surface area contributed by atoms with Crippen molar-refractivity contribution < 1.29 is 13.2 Å². The van der Waals surface area contributed by atoms with Gasteiger partial charge in [-0.15, -0.1) is 11.7 Å². The maximum absolute atomic E-state index is 12.6. The van der Waals surface area contributed by atoms with Gasteiger partial charge in [0, 0.05) is 19.0 Å². The fraction of sp³-hybridized carbons (Fsp3) is 0.412. The minimum atomic E-state index is -3.10. The van der Waals surface area contributed by atoms with Crippen LogP contribution in [0.3, 0.4) is 0 Å². The number of hydrogen-bond donors (Lipinski definition) is 0. The summed E-state index contributed by atoms with van der Waals surface area (Å²) in [6, 6.07) is 6.54. The van der Waals surface area contributed by atoms with Gasteiger partial charge >= 0.3 is 0 Å². The van der Waals surface area contributed by atoms with Crippen LogP contribution in [0.25, 0.3) is 10.9 Å². The van der Waals surface area contributed by atoms with Crippen molar-refractivity contribution in [1.29, 1.82) is 0 Å². The molecule has 0 N–H and O–H groups in total. The van der Waals surface area contributed by atoms with E-state index in [0.29, 0.717) is 17.3 Å². The smallest absolute Gasteiger partial charge is 0.277 e. The molecule has 1 aromatic heterocycles. The maximum atomic E-state index is 12.6. The Balaban J connectivity index is 1.73. The van der Waals surface area contributed by atoms with E-state index >= 15 is 0 Å². The third kappa shape index (κ3) is 3.82. The number of aromatic nitrogens is 3. The van der Waals surface area contributed by atoms with E-state index in [1.165, 1.54) is 4.90 Å². The summed E-state index contributed by atoms with van der Waals surface area (Å²) < 4.78 is 24.6. The molecule has 2 heterocycles. The zero-order valence-electron chi connectivity index (χ0n) is 14.2. The predicted octanol–water partition coefficient (Wildman–Crippen LogP) is 0.383. The van der Waals surface area contributed by atoms with Gasteiger partial charge in [0.15, 0.2) is 9.84 Å². The first-order chi connectivity index (χ1) is 12.4. The van der Waals surface area contributed by atoms with Gasteiger partial charge in [0.05, 0.1) is 23.4 Å². The van der Waals surface area contributed by atoms with E-state index in [1.807, 2.05) is 0 Å². The van der Waals surface area contributed by atoms with Gasteiger partial charge in [0.25, 0.3) is 5.56 Å². The Morgan fingerprint density at radius 3 is 2.85 bits per heavy atom. The summed E-state index contributed by atoms with van der Waals surface area (Å²) in [6.07, 6.45) is 2.04. The molecule has 0 saturated carbocycles. The molecule has 8 nitrogen and oxygen atoms in total. The highest BCUT2D eigenvalue weighted by molar-refractivity contribution is 7.91. The van der Waals surface area contributed by atoms with Crippen LogP contribution in [0.1, 0.15) is 12.8 Å². The number of carbonyl (C=O) groups is 1. The molecule has 1 aromatic carbocycles. The summed E-state index contributed by atoms with van der Waals surface area (Å²) in [5.74, 6) is -0.162. The standard InChI is InChI=1S/C17H20N4O4S/c1-2-9-20(13-8-11-26(24,25)12-13)16(22)7-10-21-17(23)14-5-3-4-6-15(14)18-19-21/h2-6,13H,1,7-12H2. The van der Waals surface area contributed by atoms with E-state index in [0.717, 1.165) is 4.68 Å². The van der Waals surface area contributed by atoms with Crippen LogP contribution in [0, 0.1) is 0 Å². The van der Waals surface area contributed by atoms with Crippen molar-refractivity contribution in [1.82, 2.24) is 19.9 Å². The van der Waals surface area contributed by atoms with Crippen molar-refractivity contribution in [2.45, 2.75) is 25.4 Å². The number of amides is 1. The second-order valence-corrected chi connectivity index (χ2v) is 8.51. The van der Waals surface area contributed by atoms with Gasteiger partial charge in [0.1, 0.15) is 5.52 Å². The molecule has 3 rings (SSSR count). The Bertz CT molecular complexity index is 999. The third-order valence-electron chi connectivity index (χ3n) is 4.46.